The Labute approximate surface area is 99.7 Å². The Morgan fingerprint density at radius 3 is 2.94 bits per heavy atom. The minimum atomic E-state index is 0.599. The van der Waals surface area contributed by atoms with Gasteiger partial charge in [-0.05, 0) is 25.1 Å². The molecular formula is C12H13N5. The van der Waals surface area contributed by atoms with Crippen molar-refractivity contribution in [3.63, 3.8) is 0 Å². The van der Waals surface area contributed by atoms with Gasteiger partial charge in [-0.25, -0.2) is 4.98 Å². The van der Waals surface area contributed by atoms with Gasteiger partial charge in [0.1, 0.15) is 5.82 Å². The minimum Gasteiger partial charge on any atom is -0.364 e. The molecule has 0 saturated carbocycles. The van der Waals surface area contributed by atoms with Gasteiger partial charge in [0, 0.05) is 18.9 Å². The lowest BCUT2D eigenvalue weighted by molar-refractivity contribution is 0.747. The van der Waals surface area contributed by atoms with Crippen LogP contribution >= 0.6 is 0 Å². The van der Waals surface area contributed by atoms with Crippen LogP contribution in [0.4, 0.5) is 5.82 Å². The number of nitrogens with one attached hydrogen (secondary N) is 1. The second-order valence-electron chi connectivity index (χ2n) is 3.83. The molecule has 5 heteroatoms. The van der Waals surface area contributed by atoms with Crippen LogP contribution in [0.25, 0.3) is 0 Å². The summed E-state index contributed by atoms with van der Waals surface area (Å²) in [5.74, 6) is 0.701. The normalized spacial score (nSPS) is 9.94. The monoisotopic (exact) mass is 227 g/mol. The molecule has 0 aliphatic heterocycles. The molecule has 2 aromatic heterocycles. The highest BCUT2D eigenvalue weighted by atomic mass is 15.3. The summed E-state index contributed by atoms with van der Waals surface area (Å²) in [6.45, 7) is 2.47. The highest BCUT2D eigenvalue weighted by Gasteiger charge is 2.01. The van der Waals surface area contributed by atoms with Crippen molar-refractivity contribution in [3.05, 3.63) is 41.3 Å². The second kappa shape index (κ2) is 4.66. The molecular weight excluding hydrogens is 214 g/mol. The third kappa shape index (κ3) is 2.82. The summed E-state index contributed by atoms with van der Waals surface area (Å²) in [5, 5.41) is 16.3. The van der Waals surface area contributed by atoms with Gasteiger partial charge >= 0.3 is 0 Å². The number of hydrogen-bond donors (Lipinski definition) is 1. The van der Waals surface area contributed by atoms with Crippen molar-refractivity contribution in [2.24, 2.45) is 7.05 Å². The Kier molecular flexibility index (Phi) is 3.06. The van der Waals surface area contributed by atoms with E-state index in [0.717, 1.165) is 11.4 Å². The predicted molar refractivity (Wildman–Crippen MR) is 64.2 cm³/mol. The summed E-state index contributed by atoms with van der Waals surface area (Å²) < 4.78 is 1.75. The van der Waals surface area contributed by atoms with Crippen LogP contribution in [0.2, 0.25) is 0 Å². The zero-order valence-corrected chi connectivity index (χ0v) is 9.81. The van der Waals surface area contributed by atoms with Crippen molar-refractivity contribution in [2.75, 3.05) is 5.32 Å². The van der Waals surface area contributed by atoms with Crippen LogP contribution in [0.1, 0.15) is 17.0 Å². The fraction of sp³-hybridized carbons (Fsp3) is 0.250. The highest BCUT2D eigenvalue weighted by molar-refractivity contribution is 5.44. The number of rotatable bonds is 3. The van der Waals surface area contributed by atoms with Crippen LogP contribution in [0, 0.1) is 18.3 Å². The van der Waals surface area contributed by atoms with Crippen molar-refractivity contribution in [1.82, 2.24) is 14.8 Å². The van der Waals surface area contributed by atoms with E-state index in [2.05, 4.69) is 21.5 Å². The molecule has 5 nitrogen and oxygen atoms in total. The molecule has 2 rings (SSSR count). The summed E-state index contributed by atoms with van der Waals surface area (Å²) in [5.41, 5.74) is 2.38. The van der Waals surface area contributed by atoms with Crippen molar-refractivity contribution in [2.45, 2.75) is 13.5 Å². The Bertz CT molecular complexity index is 565. The van der Waals surface area contributed by atoms with E-state index in [1.54, 1.807) is 16.8 Å². The Hall–Kier alpha value is -2.35. The lowest BCUT2D eigenvalue weighted by Crippen LogP contribution is -2.03. The fourth-order valence-electron chi connectivity index (χ4n) is 1.56. The van der Waals surface area contributed by atoms with Crippen LogP contribution in [0.3, 0.4) is 0 Å². The van der Waals surface area contributed by atoms with Crippen LogP contribution in [-0.2, 0) is 13.6 Å². The van der Waals surface area contributed by atoms with Gasteiger partial charge in [0.25, 0.3) is 0 Å². The molecule has 0 amide bonds. The molecule has 1 N–H and O–H groups in total. The molecule has 0 aliphatic carbocycles. The summed E-state index contributed by atoms with van der Waals surface area (Å²) in [6.07, 6.45) is 1.89. The Morgan fingerprint density at radius 1 is 1.47 bits per heavy atom. The topological polar surface area (TPSA) is 66.5 Å². The van der Waals surface area contributed by atoms with Gasteiger partial charge < -0.3 is 5.32 Å². The minimum absolute atomic E-state index is 0.599. The first-order chi connectivity index (χ1) is 8.17. The summed E-state index contributed by atoms with van der Waals surface area (Å²) >= 11 is 0. The number of aromatic nitrogens is 3. The maximum absolute atomic E-state index is 8.85. The van der Waals surface area contributed by atoms with Gasteiger partial charge in [-0.15, -0.1) is 0 Å². The van der Waals surface area contributed by atoms with Gasteiger partial charge in [-0.1, -0.05) is 0 Å². The summed E-state index contributed by atoms with van der Waals surface area (Å²) in [6, 6.07) is 7.54. The number of hydrogen-bond acceptors (Lipinski definition) is 4. The zero-order chi connectivity index (χ0) is 12.3. The van der Waals surface area contributed by atoms with E-state index < -0.39 is 0 Å². The van der Waals surface area contributed by atoms with Gasteiger partial charge in [-0.3, -0.25) is 4.68 Å². The molecule has 0 aliphatic rings. The van der Waals surface area contributed by atoms with Gasteiger partial charge in [-0.2, -0.15) is 10.4 Å². The lowest BCUT2D eigenvalue weighted by atomic mass is 10.2. The predicted octanol–water partition coefficient (Wildman–Crippen LogP) is 1.61. The Balaban J connectivity index is 2.09. The molecule has 17 heavy (non-hydrogen) atoms. The van der Waals surface area contributed by atoms with E-state index in [1.807, 2.05) is 26.2 Å². The average molecular weight is 227 g/mol. The molecule has 0 fully saturated rings. The quantitative estimate of drug-likeness (QED) is 0.865. The molecule has 0 bridgehead atoms. The number of pyridine rings is 1. The van der Waals surface area contributed by atoms with E-state index in [0.29, 0.717) is 17.9 Å². The van der Waals surface area contributed by atoms with Crippen molar-refractivity contribution < 1.29 is 0 Å². The van der Waals surface area contributed by atoms with E-state index in [4.69, 9.17) is 5.26 Å². The molecule has 2 heterocycles. The first kappa shape index (κ1) is 11.1. The van der Waals surface area contributed by atoms with Crippen LogP contribution in [-0.4, -0.2) is 14.8 Å². The van der Waals surface area contributed by atoms with E-state index in [9.17, 15) is 0 Å². The summed E-state index contributed by atoms with van der Waals surface area (Å²) in [4.78, 5) is 4.31. The molecule has 0 radical (unpaired) electrons. The standard InChI is InChI=1S/C12H13N5/c1-9-5-10(7-13)6-12(15-9)14-8-11-3-4-17(2)16-11/h3-6H,8H2,1-2H3,(H,14,15). The molecule has 0 atom stereocenters. The SMILES string of the molecule is Cc1cc(C#N)cc(NCc2ccn(C)n2)n1. The van der Waals surface area contributed by atoms with Gasteiger partial charge in [0.2, 0.25) is 0 Å². The van der Waals surface area contributed by atoms with Crippen molar-refractivity contribution in [3.8, 4) is 6.07 Å². The second-order valence-corrected chi connectivity index (χ2v) is 3.83. The summed E-state index contributed by atoms with van der Waals surface area (Å²) in [7, 11) is 1.88. The lowest BCUT2D eigenvalue weighted by Gasteiger charge is -2.05. The van der Waals surface area contributed by atoms with Crippen LogP contribution < -0.4 is 5.32 Å². The third-order valence-electron chi connectivity index (χ3n) is 2.30. The smallest absolute Gasteiger partial charge is 0.127 e. The Morgan fingerprint density at radius 2 is 2.29 bits per heavy atom. The van der Waals surface area contributed by atoms with Crippen LogP contribution in [0.5, 0.6) is 0 Å². The number of aryl methyl sites for hydroxylation is 2. The maximum atomic E-state index is 8.85. The molecule has 0 saturated heterocycles. The van der Waals surface area contributed by atoms with Crippen molar-refractivity contribution in [1.29, 1.82) is 5.26 Å². The third-order valence-corrected chi connectivity index (χ3v) is 2.30. The van der Waals surface area contributed by atoms with E-state index in [1.165, 1.54) is 0 Å². The molecule has 0 aromatic carbocycles. The molecule has 2 aromatic rings. The highest BCUT2D eigenvalue weighted by Crippen LogP contribution is 2.10. The number of nitriles is 1. The molecule has 0 spiro atoms. The molecule has 86 valence electrons. The van der Waals surface area contributed by atoms with E-state index >= 15 is 0 Å². The largest absolute Gasteiger partial charge is 0.364 e. The zero-order valence-electron chi connectivity index (χ0n) is 9.81. The van der Waals surface area contributed by atoms with Crippen LogP contribution in [0.15, 0.2) is 24.4 Å². The molecule has 0 unspecified atom stereocenters. The van der Waals surface area contributed by atoms with Gasteiger partial charge in [0.15, 0.2) is 0 Å². The fourth-order valence-corrected chi connectivity index (χ4v) is 1.56. The van der Waals surface area contributed by atoms with E-state index in [-0.39, 0.29) is 0 Å². The maximum Gasteiger partial charge on any atom is 0.127 e. The number of nitrogens with zero attached hydrogens (tertiary/aromatic N) is 4. The average Bonchev–Trinajstić information content (AvgIpc) is 2.72. The number of anilines is 1. The van der Waals surface area contributed by atoms with Crippen molar-refractivity contribution >= 4 is 5.82 Å². The first-order valence-corrected chi connectivity index (χ1v) is 5.28. The van der Waals surface area contributed by atoms with Gasteiger partial charge in [0.05, 0.1) is 23.9 Å². The first-order valence-electron chi connectivity index (χ1n) is 5.28.